The maximum absolute atomic E-state index is 12.8. The summed E-state index contributed by atoms with van der Waals surface area (Å²) in [6.45, 7) is 4.31. The molecule has 5 nitrogen and oxygen atoms in total. The van der Waals surface area contributed by atoms with E-state index < -0.39 is 0 Å². The number of hydrogen-bond donors (Lipinski definition) is 1. The van der Waals surface area contributed by atoms with E-state index in [1.807, 2.05) is 35.8 Å². The Bertz CT molecular complexity index is 948. The molecule has 2 atom stereocenters. The highest BCUT2D eigenvalue weighted by molar-refractivity contribution is 5.99. The first kappa shape index (κ1) is 17.7. The lowest BCUT2D eigenvalue weighted by atomic mass is 9.89. The molecule has 0 saturated heterocycles. The predicted octanol–water partition coefficient (Wildman–Crippen LogP) is 3.61. The summed E-state index contributed by atoms with van der Waals surface area (Å²) in [5.41, 5.74) is 4.97. The van der Waals surface area contributed by atoms with Crippen LogP contribution in [0, 0.1) is 5.92 Å². The number of hydrogen-bond acceptors (Lipinski definition) is 3. The predicted molar refractivity (Wildman–Crippen MR) is 106 cm³/mol. The van der Waals surface area contributed by atoms with Crippen LogP contribution in [0.3, 0.4) is 0 Å². The average Bonchev–Trinajstić information content (AvgIpc) is 3.11. The van der Waals surface area contributed by atoms with Gasteiger partial charge in [-0.1, -0.05) is 37.3 Å². The van der Waals surface area contributed by atoms with Gasteiger partial charge in [0.1, 0.15) is 5.56 Å². The van der Waals surface area contributed by atoms with Crippen LogP contribution in [-0.2, 0) is 19.3 Å². The van der Waals surface area contributed by atoms with E-state index in [9.17, 15) is 4.79 Å². The molecule has 3 aromatic rings. The molecule has 0 bridgehead atoms. The van der Waals surface area contributed by atoms with Gasteiger partial charge in [0.05, 0.1) is 6.20 Å². The molecule has 1 amide bonds. The summed E-state index contributed by atoms with van der Waals surface area (Å²) in [4.78, 5) is 17.3. The van der Waals surface area contributed by atoms with Crippen LogP contribution in [0.15, 0.2) is 42.7 Å². The molecular formula is C22H26N4O. The second kappa shape index (κ2) is 7.51. The van der Waals surface area contributed by atoms with Gasteiger partial charge in [-0.05, 0) is 56.1 Å². The van der Waals surface area contributed by atoms with E-state index >= 15 is 0 Å². The SMILES string of the molecule is C[C@H]1CCc2c(cnc3c(C(=O)N[C@@H](C)CCc4ccccc4)cnn23)C1. The van der Waals surface area contributed by atoms with E-state index in [1.165, 1.54) is 16.8 Å². The fraction of sp³-hybridized carbons (Fsp3) is 0.409. The van der Waals surface area contributed by atoms with Crippen molar-refractivity contribution in [2.45, 2.75) is 52.0 Å². The van der Waals surface area contributed by atoms with Gasteiger partial charge in [-0.15, -0.1) is 0 Å². The Balaban J connectivity index is 1.46. The number of aryl methyl sites for hydroxylation is 2. The molecular weight excluding hydrogens is 336 g/mol. The quantitative estimate of drug-likeness (QED) is 0.754. The lowest BCUT2D eigenvalue weighted by Crippen LogP contribution is -2.33. The van der Waals surface area contributed by atoms with Crippen LogP contribution in [0.1, 0.15) is 53.9 Å². The lowest BCUT2D eigenvalue weighted by molar-refractivity contribution is 0.0940. The molecule has 1 aliphatic rings. The number of nitrogens with one attached hydrogen (secondary N) is 1. The third-order valence-corrected chi connectivity index (χ3v) is 5.49. The highest BCUT2D eigenvalue weighted by Gasteiger charge is 2.22. The van der Waals surface area contributed by atoms with Crippen molar-refractivity contribution in [2.24, 2.45) is 5.92 Å². The zero-order chi connectivity index (χ0) is 18.8. The third kappa shape index (κ3) is 3.72. The van der Waals surface area contributed by atoms with Crippen molar-refractivity contribution in [1.82, 2.24) is 19.9 Å². The molecule has 140 valence electrons. The van der Waals surface area contributed by atoms with E-state index in [1.54, 1.807) is 6.20 Å². The second-order valence-electron chi connectivity index (χ2n) is 7.77. The summed E-state index contributed by atoms with van der Waals surface area (Å²) in [6, 6.07) is 10.4. The number of carbonyl (C=O) groups excluding carboxylic acids is 1. The largest absolute Gasteiger partial charge is 0.349 e. The Labute approximate surface area is 159 Å². The van der Waals surface area contributed by atoms with Gasteiger partial charge in [-0.2, -0.15) is 5.10 Å². The maximum Gasteiger partial charge on any atom is 0.256 e. The fourth-order valence-corrected chi connectivity index (χ4v) is 3.87. The van der Waals surface area contributed by atoms with E-state index in [0.29, 0.717) is 17.1 Å². The van der Waals surface area contributed by atoms with Crippen molar-refractivity contribution in [3.05, 3.63) is 65.1 Å². The standard InChI is InChI=1S/C22H26N4O/c1-15-8-11-20-18(12-15)13-23-21-19(14-24-26(20)21)22(27)25-16(2)9-10-17-6-4-3-5-7-17/h3-7,13-16H,8-12H2,1-2H3,(H,25,27)/t15-,16-/m0/s1. The number of fused-ring (bicyclic) bond motifs is 3. The fourth-order valence-electron chi connectivity index (χ4n) is 3.87. The molecule has 0 fully saturated rings. The molecule has 0 radical (unpaired) electrons. The van der Waals surface area contributed by atoms with Gasteiger partial charge in [0.15, 0.2) is 5.65 Å². The second-order valence-corrected chi connectivity index (χ2v) is 7.77. The van der Waals surface area contributed by atoms with Crippen LogP contribution in [0.25, 0.3) is 5.65 Å². The van der Waals surface area contributed by atoms with Gasteiger partial charge >= 0.3 is 0 Å². The molecule has 0 spiro atoms. The summed E-state index contributed by atoms with van der Waals surface area (Å²) < 4.78 is 1.87. The van der Waals surface area contributed by atoms with Gasteiger partial charge in [-0.3, -0.25) is 4.79 Å². The molecule has 1 N–H and O–H groups in total. The van der Waals surface area contributed by atoms with Crippen molar-refractivity contribution in [3.8, 4) is 0 Å². The highest BCUT2D eigenvalue weighted by atomic mass is 16.1. The Morgan fingerprint density at radius 3 is 2.93 bits per heavy atom. The summed E-state index contributed by atoms with van der Waals surface area (Å²) >= 11 is 0. The first-order chi connectivity index (χ1) is 13.1. The van der Waals surface area contributed by atoms with E-state index in [0.717, 1.165) is 32.1 Å². The summed E-state index contributed by atoms with van der Waals surface area (Å²) in [6.07, 6.45) is 8.61. The zero-order valence-corrected chi connectivity index (χ0v) is 16.0. The van der Waals surface area contributed by atoms with E-state index in [-0.39, 0.29) is 11.9 Å². The van der Waals surface area contributed by atoms with Crippen LogP contribution in [-0.4, -0.2) is 26.5 Å². The lowest BCUT2D eigenvalue weighted by Gasteiger charge is -2.21. The van der Waals surface area contributed by atoms with Crippen LogP contribution in [0.5, 0.6) is 0 Å². The van der Waals surface area contributed by atoms with Gasteiger partial charge in [0.2, 0.25) is 0 Å². The molecule has 0 aliphatic heterocycles. The van der Waals surface area contributed by atoms with Crippen molar-refractivity contribution in [3.63, 3.8) is 0 Å². The van der Waals surface area contributed by atoms with Crippen molar-refractivity contribution >= 4 is 11.6 Å². The molecule has 5 heteroatoms. The smallest absolute Gasteiger partial charge is 0.256 e. The maximum atomic E-state index is 12.8. The number of carbonyl (C=O) groups is 1. The minimum atomic E-state index is -0.0952. The van der Waals surface area contributed by atoms with Gasteiger partial charge in [0, 0.05) is 17.9 Å². The van der Waals surface area contributed by atoms with Gasteiger partial charge < -0.3 is 5.32 Å². The molecule has 4 rings (SSSR count). The molecule has 2 aromatic heterocycles. The van der Waals surface area contributed by atoms with Crippen molar-refractivity contribution in [1.29, 1.82) is 0 Å². The minimum Gasteiger partial charge on any atom is -0.349 e. The van der Waals surface area contributed by atoms with Gasteiger partial charge in [-0.25, -0.2) is 9.50 Å². The van der Waals surface area contributed by atoms with Crippen molar-refractivity contribution in [2.75, 3.05) is 0 Å². The highest BCUT2D eigenvalue weighted by Crippen LogP contribution is 2.25. The average molecular weight is 362 g/mol. The molecule has 1 aliphatic carbocycles. The van der Waals surface area contributed by atoms with Crippen LogP contribution in [0.4, 0.5) is 0 Å². The Kier molecular flexibility index (Phi) is 4.92. The number of aromatic nitrogens is 3. The molecule has 27 heavy (non-hydrogen) atoms. The summed E-state index contributed by atoms with van der Waals surface area (Å²) in [7, 11) is 0. The van der Waals surface area contributed by atoms with Crippen LogP contribution < -0.4 is 5.32 Å². The zero-order valence-electron chi connectivity index (χ0n) is 16.0. The Morgan fingerprint density at radius 2 is 2.11 bits per heavy atom. The number of amides is 1. The number of rotatable bonds is 5. The minimum absolute atomic E-state index is 0.0890. The Hall–Kier alpha value is -2.69. The third-order valence-electron chi connectivity index (χ3n) is 5.49. The van der Waals surface area contributed by atoms with Crippen molar-refractivity contribution < 1.29 is 4.79 Å². The molecule has 0 unspecified atom stereocenters. The monoisotopic (exact) mass is 362 g/mol. The van der Waals surface area contributed by atoms with Gasteiger partial charge in [0.25, 0.3) is 5.91 Å². The first-order valence-corrected chi connectivity index (χ1v) is 9.81. The number of nitrogens with zero attached hydrogens (tertiary/aromatic N) is 3. The van der Waals surface area contributed by atoms with Crippen LogP contribution in [0.2, 0.25) is 0 Å². The molecule has 0 saturated carbocycles. The number of benzene rings is 1. The Morgan fingerprint density at radius 1 is 1.30 bits per heavy atom. The topological polar surface area (TPSA) is 59.3 Å². The van der Waals surface area contributed by atoms with Crippen LogP contribution >= 0.6 is 0 Å². The summed E-state index contributed by atoms with van der Waals surface area (Å²) in [5, 5.41) is 7.57. The van der Waals surface area contributed by atoms with E-state index in [4.69, 9.17) is 0 Å². The molecule has 2 heterocycles. The normalized spacial score (nSPS) is 17.5. The van der Waals surface area contributed by atoms with E-state index in [2.05, 4.69) is 34.5 Å². The summed E-state index contributed by atoms with van der Waals surface area (Å²) in [5.74, 6) is 0.586. The first-order valence-electron chi connectivity index (χ1n) is 9.81. The molecule has 1 aromatic carbocycles.